The summed E-state index contributed by atoms with van der Waals surface area (Å²) in [6, 6.07) is 7.67. The summed E-state index contributed by atoms with van der Waals surface area (Å²) in [7, 11) is 0. The Balaban J connectivity index is 0.00000363. The summed E-state index contributed by atoms with van der Waals surface area (Å²) in [5.41, 5.74) is 0.796. The summed E-state index contributed by atoms with van der Waals surface area (Å²) < 4.78 is 5.34. The third kappa shape index (κ3) is 7.91. The molecule has 1 aromatic carbocycles. The largest absolute Gasteiger partial charge is 0.357 e. The third-order valence-electron chi connectivity index (χ3n) is 5.08. The maximum atomic E-state index is 12.4. The fraction of sp³-hybridized carbons (Fsp3) is 0.545. The molecular formula is C22H32ClIN6O2. The first-order valence-corrected chi connectivity index (χ1v) is 11.3. The maximum absolute atomic E-state index is 12.4. The molecule has 0 bridgehead atoms. The Labute approximate surface area is 211 Å². The summed E-state index contributed by atoms with van der Waals surface area (Å²) in [5, 5.41) is 14.4. The van der Waals surface area contributed by atoms with Gasteiger partial charge < -0.3 is 20.5 Å². The van der Waals surface area contributed by atoms with Crippen molar-refractivity contribution in [2.45, 2.75) is 65.1 Å². The number of nitrogens with zero attached hydrogens (tertiary/aromatic N) is 3. The van der Waals surface area contributed by atoms with E-state index >= 15 is 0 Å². The minimum atomic E-state index is 0. The Hall–Kier alpha value is -1.88. The van der Waals surface area contributed by atoms with Crippen LogP contribution in [-0.2, 0) is 11.3 Å². The topological polar surface area (TPSA) is 104 Å². The summed E-state index contributed by atoms with van der Waals surface area (Å²) in [4.78, 5) is 21.4. The van der Waals surface area contributed by atoms with Crippen LogP contribution in [0, 0.1) is 5.92 Å². The van der Waals surface area contributed by atoms with Crippen LogP contribution in [0.4, 0.5) is 0 Å². The molecule has 1 amide bonds. The predicted octanol–water partition coefficient (Wildman–Crippen LogP) is 4.15. The Morgan fingerprint density at radius 1 is 1.34 bits per heavy atom. The van der Waals surface area contributed by atoms with E-state index < -0.39 is 0 Å². The van der Waals surface area contributed by atoms with Gasteiger partial charge in [-0.2, -0.15) is 4.98 Å². The molecule has 10 heteroatoms. The van der Waals surface area contributed by atoms with Gasteiger partial charge in [0.25, 0.3) is 0 Å². The van der Waals surface area contributed by atoms with Crippen molar-refractivity contribution < 1.29 is 9.32 Å². The van der Waals surface area contributed by atoms with E-state index in [9.17, 15) is 4.79 Å². The molecule has 1 saturated carbocycles. The molecule has 0 aliphatic heterocycles. The summed E-state index contributed by atoms with van der Waals surface area (Å²) in [6.45, 7) is 6.98. The second-order valence-corrected chi connectivity index (χ2v) is 8.52. The average molecular weight is 575 g/mol. The first kappa shape index (κ1) is 26.4. The molecule has 3 N–H and O–H groups in total. The molecule has 2 atom stereocenters. The number of nitrogens with one attached hydrogen (secondary N) is 3. The van der Waals surface area contributed by atoms with Crippen molar-refractivity contribution in [3.63, 3.8) is 0 Å². The second kappa shape index (κ2) is 13.0. The van der Waals surface area contributed by atoms with E-state index in [4.69, 9.17) is 16.1 Å². The molecule has 1 aromatic heterocycles. The van der Waals surface area contributed by atoms with Crippen LogP contribution < -0.4 is 16.0 Å². The van der Waals surface area contributed by atoms with Gasteiger partial charge in [0.15, 0.2) is 5.96 Å². The third-order valence-corrected chi connectivity index (χ3v) is 5.32. The maximum Gasteiger partial charge on any atom is 0.248 e. The zero-order chi connectivity index (χ0) is 22.2. The average Bonchev–Trinajstić information content (AvgIpc) is 3.21. The number of hydrogen-bond acceptors (Lipinski definition) is 5. The predicted molar refractivity (Wildman–Crippen MR) is 137 cm³/mol. The number of halogens is 2. The van der Waals surface area contributed by atoms with E-state index in [1.807, 2.05) is 32.9 Å². The van der Waals surface area contributed by atoms with Crippen molar-refractivity contribution >= 4 is 47.4 Å². The van der Waals surface area contributed by atoms with Crippen molar-refractivity contribution in [3.05, 3.63) is 35.2 Å². The van der Waals surface area contributed by atoms with E-state index in [0.717, 1.165) is 37.8 Å². The van der Waals surface area contributed by atoms with E-state index in [2.05, 4.69) is 31.1 Å². The van der Waals surface area contributed by atoms with Crippen molar-refractivity contribution in [3.8, 4) is 11.4 Å². The van der Waals surface area contributed by atoms with E-state index in [0.29, 0.717) is 22.7 Å². The van der Waals surface area contributed by atoms with Gasteiger partial charge in [-0.15, -0.1) is 24.0 Å². The van der Waals surface area contributed by atoms with Crippen LogP contribution >= 0.6 is 35.6 Å². The van der Waals surface area contributed by atoms with Crippen molar-refractivity contribution in [2.75, 3.05) is 6.54 Å². The fourth-order valence-corrected chi connectivity index (χ4v) is 3.88. The monoisotopic (exact) mass is 574 g/mol. The fourth-order valence-electron chi connectivity index (χ4n) is 3.69. The van der Waals surface area contributed by atoms with Gasteiger partial charge in [0.05, 0.1) is 0 Å². The molecule has 3 rings (SSSR count). The van der Waals surface area contributed by atoms with E-state index in [1.165, 1.54) is 0 Å². The van der Waals surface area contributed by atoms with Crippen molar-refractivity contribution in [1.82, 2.24) is 26.1 Å². The Bertz CT molecular complexity index is 904. The molecule has 0 saturated heterocycles. The Morgan fingerprint density at radius 2 is 2.16 bits per heavy atom. The van der Waals surface area contributed by atoms with Crippen LogP contribution in [0.1, 0.15) is 52.3 Å². The minimum absolute atomic E-state index is 0. The molecule has 2 aromatic rings. The SMILES string of the molecule is CCNC(=NCc1nc(-c2cccc(Cl)c2)no1)NC1CCCC(C(=O)NC(C)C)C1.I. The highest BCUT2D eigenvalue weighted by Gasteiger charge is 2.28. The normalized spacial score (nSPS) is 18.7. The molecule has 2 unspecified atom stereocenters. The van der Waals surface area contributed by atoms with Gasteiger partial charge in [-0.25, -0.2) is 4.99 Å². The van der Waals surface area contributed by atoms with Gasteiger partial charge in [-0.3, -0.25) is 4.79 Å². The first-order chi connectivity index (χ1) is 14.9. The molecule has 1 aliphatic rings. The smallest absolute Gasteiger partial charge is 0.248 e. The van der Waals surface area contributed by atoms with Gasteiger partial charge in [0.1, 0.15) is 6.54 Å². The zero-order valence-electron chi connectivity index (χ0n) is 18.7. The standard InChI is InChI=1S/C22H31ClN6O2.HI/c1-4-24-22(27-18-10-6-8-16(12-18)21(30)26-14(2)3)25-13-19-28-20(29-31-19)15-7-5-9-17(23)11-15;/h5,7,9,11,14,16,18H,4,6,8,10,12-13H2,1-3H3,(H,26,30)(H2,24,25,27);1H. The van der Waals surface area contributed by atoms with Crippen LogP contribution in [0.25, 0.3) is 11.4 Å². The van der Waals surface area contributed by atoms with Crippen LogP contribution in [0.3, 0.4) is 0 Å². The van der Waals surface area contributed by atoms with Gasteiger partial charge in [-0.1, -0.05) is 35.3 Å². The lowest BCUT2D eigenvalue weighted by atomic mass is 9.85. The highest BCUT2D eigenvalue weighted by molar-refractivity contribution is 14.0. The number of benzene rings is 1. The van der Waals surface area contributed by atoms with Crippen LogP contribution in [0.2, 0.25) is 5.02 Å². The number of hydrogen-bond donors (Lipinski definition) is 3. The van der Waals surface area contributed by atoms with Crippen LogP contribution in [-0.4, -0.2) is 40.6 Å². The van der Waals surface area contributed by atoms with Crippen molar-refractivity contribution in [1.29, 1.82) is 0 Å². The molecule has 1 aliphatic carbocycles. The summed E-state index contributed by atoms with van der Waals surface area (Å²) in [6.07, 6.45) is 3.75. The number of aliphatic imine (C=N–C) groups is 1. The number of aromatic nitrogens is 2. The van der Waals surface area contributed by atoms with Crippen molar-refractivity contribution in [2.24, 2.45) is 10.9 Å². The molecule has 0 radical (unpaired) electrons. The van der Waals surface area contributed by atoms with E-state index in [-0.39, 0.29) is 54.4 Å². The van der Waals surface area contributed by atoms with Gasteiger partial charge in [0, 0.05) is 35.1 Å². The van der Waals surface area contributed by atoms with Crippen LogP contribution in [0.5, 0.6) is 0 Å². The molecule has 1 heterocycles. The van der Waals surface area contributed by atoms with Gasteiger partial charge in [0.2, 0.25) is 17.6 Å². The second-order valence-electron chi connectivity index (χ2n) is 8.09. The Kier molecular flexibility index (Phi) is 10.7. The molecule has 0 spiro atoms. The molecule has 8 nitrogen and oxygen atoms in total. The highest BCUT2D eigenvalue weighted by atomic mass is 127. The lowest BCUT2D eigenvalue weighted by molar-refractivity contribution is -0.126. The number of carbonyl (C=O) groups is 1. The first-order valence-electron chi connectivity index (χ1n) is 10.9. The Morgan fingerprint density at radius 3 is 2.88 bits per heavy atom. The molecule has 1 fully saturated rings. The quantitative estimate of drug-likeness (QED) is 0.261. The lowest BCUT2D eigenvalue weighted by Gasteiger charge is -2.30. The zero-order valence-corrected chi connectivity index (χ0v) is 21.8. The highest BCUT2D eigenvalue weighted by Crippen LogP contribution is 2.25. The van der Waals surface area contributed by atoms with E-state index in [1.54, 1.807) is 12.1 Å². The minimum Gasteiger partial charge on any atom is -0.357 e. The summed E-state index contributed by atoms with van der Waals surface area (Å²) in [5.74, 6) is 1.76. The number of guanidine groups is 1. The molecule has 176 valence electrons. The van der Waals surface area contributed by atoms with Gasteiger partial charge >= 0.3 is 0 Å². The number of carbonyl (C=O) groups excluding carboxylic acids is 1. The molecule has 32 heavy (non-hydrogen) atoms. The van der Waals surface area contributed by atoms with Gasteiger partial charge in [-0.05, 0) is 52.2 Å². The number of amides is 1. The summed E-state index contributed by atoms with van der Waals surface area (Å²) >= 11 is 6.04. The number of rotatable bonds is 7. The van der Waals surface area contributed by atoms with Crippen LogP contribution in [0.15, 0.2) is 33.8 Å². The lowest BCUT2D eigenvalue weighted by Crippen LogP contribution is -2.47. The molecular weight excluding hydrogens is 543 g/mol.